The van der Waals surface area contributed by atoms with Gasteiger partial charge in [-0.05, 0) is 29.3 Å². The number of carbonyl (C=O) groups excluding carboxylic acids is 1. The van der Waals surface area contributed by atoms with Gasteiger partial charge in [-0.2, -0.15) is 0 Å². The molecule has 2 aromatic heterocycles. The van der Waals surface area contributed by atoms with Crippen molar-refractivity contribution >= 4 is 38.8 Å². The number of rotatable bonds is 6. The molecular formula is C26H26N4O3S. The van der Waals surface area contributed by atoms with E-state index in [0.29, 0.717) is 27.8 Å². The summed E-state index contributed by atoms with van der Waals surface area (Å²) in [4.78, 5) is 21.6. The number of nitrogens with one attached hydrogen (secondary N) is 1. The first-order valence-corrected chi connectivity index (χ1v) is 11.9. The highest BCUT2D eigenvalue weighted by Crippen LogP contribution is 2.36. The van der Waals surface area contributed by atoms with E-state index in [4.69, 9.17) is 20.2 Å². The third-order valence-electron chi connectivity index (χ3n) is 6.06. The maximum absolute atomic E-state index is 13.1. The Morgan fingerprint density at radius 2 is 1.97 bits per heavy atom. The molecule has 5 rings (SSSR count). The van der Waals surface area contributed by atoms with E-state index >= 15 is 0 Å². The molecule has 1 amide bonds. The normalized spacial score (nSPS) is 13.5. The number of nitrogens with zero attached hydrogens (tertiary/aromatic N) is 2. The number of hydrogen-bond donors (Lipinski definition) is 2. The highest BCUT2D eigenvalue weighted by atomic mass is 32.1. The van der Waals surface area contributed by atoms with Crippen LogP contribution in [0.4, 0.5) is 11.4 Å². The van der Waals surface area contributed by atoms with Gasteiger partial charge in [0.15, 0.2) is 0 Å². The minimum absolute atomic E-state index is 0.285. The fourth-order valence-electron chi connectivity index (χ4n) is 4.28. The predicted molar refractivity (Wildman–Crippen MR) is 136 cm³/mol. The molecule has 8 heteroatoms. The number of pyridine rings is 1. The number of anilines is 2. The fourth-order valence-corrected chi connectivity index (χ4v) is 5.27. The van der Waals surface area contributed by atoms with Crippen LogP contribution in [0.5, 0.6) is 11.5 Å². The number of amides is 1. The lowest BCUT2D eigenvalue weighted by Crippen LogP contribution is -2.30. The highest BCUT2D eigenvalue weighted by Gasteiger charge is 2.23. The van der Waals surface area contributed by atoms with Gasteiger partial charge in [0.1, 0.15) is 21.2 Å². The zero-order valence-electron chi connectivity index (χ0n) is 19.1. The van der Waals surface area contributed by atoms with Crippen molar-refractivity contribution in [3.63, 3.8) is 0 Å². The average molecular weight is 475 g/mol. The summed E-state index contributed by atoms with van der Waals surface area (Å²) in [6.45, 7) is 2.66. The van der Waals surface area contributed by atoms with Gasteiger partial charge in [0.05, 0.1) is 25.6 Å². The number of nitrogen functional groups attached to an aromatic ring is 1. The molecule has 34 heavy (non-hydrogen) atoms. The molecule has 1 aliphatic rings. The van der Waals surface area contributed by atoms with Crippen molar-refractivity contribution in [2.75, 3.05) is 31.8 Å². The van der Waals surface area contributed by atoms with Crippen LogP contribution in [0, 0.1) is 0 Å². The molecule has 0 spiro atoms. The average Bonchev–Trinajstić information content (AvgIpc) is 3.19. The summed E-state index contributed by atoms with van der Waals surface area (Å²) in [5.41, 5.74) is 11.0. The van der Waals surface area contributed by atoms with E-state index in [-0.39, 0.29) is 5.91 Å². The first-order chi connectivity index (χ1) is 16.6. The fraction of sp³-hybridized carbons (Fsp3) is 0.231. The number of methoxy groups -OCH3 is 2. The van der Waals surface area contributed by atoms with Crippen molar-refractivity contribution in [1.82, 2.24) is 9.88 Å². The van der Waals surface area contributed by atoms with Gasteiger partial charge in [-0.15, -0.1) is 11.3 Å². The first-order valence-electron chi connectivity index (χ1n) is 11.1. The summed E-state index contributed by atoms with van der Waals surface area (Å²) >= 11 is 1.32. The van der Waals surface area contributed by atoms with Crippen LogP contribution < -0.4 is 20.5 Å². The smallest absolute Gasteiger partial charge is 0.268 e. The molecule has 7 nitrogen and oxygen atoms in total. The monoisotopic (exact) mass is 474 g/mol. The first kappa shape index (κ1) is 22.2. The molecule has 3 N–H and O–H groups in total. The van der Waals surface area contributed by atoms with Crippen LogP contribution in [0.3, 0.4) is 0 Å². The van der Waals surface area contributed by atoms with Crippen LogP contribution in [0.25, 0.3) is 10.2 Å². The van der Waals surface area contributed by atoms with E-state index in [9.17, 15) is 4.79 Å². The summed E-state index contributed by atoms with van der Waals surface area (Å²) in [6.07, 6.45) is 0.875. The molecular weight excluding hydrogens is 448 g/mol. The van der Waals surface area contributed by atoms with Crippen LogP contribution in [-0.4, -0.2) is 36.6 Å². The molecule has 1 aliphatic heterocycles. The van der Waals surface area contributed by atoms with Gasteiger partial charge in [-0.1, -0.05) is 30.3 Å². The molecule has 2 aromatic carbocycles. The Morgan fingerprint density at radius 1 is 1.15 bits per heavy atom. The number of hydrogen-bond acceptors (Lipinski definition) is 7. The summed E-state index contributed by atoms with van der Waals surface area (Å²) in [7, 11) is 3.13. The number of ether oxygens (including phenoxy) is 2. The third kappa shape index (κ3) is 4.30. The molecule has 0 bridgehead atoms. The molecule has 0 radical (unpaired) electrons. The second kappa shape index (κ2) is 9.32. The zero-order chi connectivity index (χ0) is 23.7. The van der Waals surface area contributed by atoms with Crippen molar-refractivity contribution in [1.29, 1.82) is 0 Å². The molecule has 0 unspecified atom stereocenters. The minimum atomic E-state index is -0.285. The van der Waals surface area contributed by atoms with E-state index < -0.39 is 0 Å². The van der Waals surface area contributed by atoms with E-state index in [1.54, 1.807) is 32.4 Å². The lowest BCUT2D eigenvalue weighted by Gasteiger charge is -2.28. The van der Waals surface area contributed by atoms with Crippen molar-refractivity contribution in [3.8, 4) is 11.5 Å². The molecule has 0 atom stereocenters. The largest absolute Gasteiger partial charge is 0.497 e. The minimum Gasteiger partial charge on any atom is -0.497 e. The van der Waals surface area contributed by atoms with Gasteiger partial charge in [-0.3, -0.25) is 9.69 Å². The van der Waals surface area contributed by atoms with Crippen molar-refractivity contribution in [2.45, 2.75) is 19.5 Å². The second-order valence-corrected chi connectivity index (χ2v) is 9.26. The van der Waals surface area contributed by atoms with Crippen molar-refractivity contribution in [2.24, 2.45) is 0 Å². The van der Waals surface area contributed by atoms with E-state index in [1.165, 1.54) is 22.5 Å². The Kier molecular flexibility index (Phi) is 6.08. The molecule has 0 saturated carbocycles. The Balaban J connectivity index is 1.39. The van der Waals surface area contributed by atoms with Gasteiger partial charge >= 0.3 is 0 Å². The van der Waals surface area contributed by atoms with E-state index in [2.05, 4.69) is 40.5 Å². The van der Waals surface area contributed by atoms with Crippen LogP contribution in [-0.2, 0) is 19.5 Å². The standard InChI is InChI=1S/C26H26N4O3S/c1-32-18-8-9-21(22(13-18)33-2)28-25(31)24-23(27)19-12-17-15-30(14-16-6-4-3-5-7-16)11-10-20(17)29-26(19)34-24/h3-9,12-13H,10-11,14-15,27H2,1-2H3,(H,28,31). The number of thiophene rings is 1. The number of carbonyl (C=O) groups is 1. The Morgan fingerprint density at radius 3 is 2.74 bits per heavy atom. The maximum Gasteiger partial charge on any atom is 0.268 e. The topological polar surface area (TPSA) is 89.7 Å². The van der Waals surface area contributed by atoms with Crippen LogP contribution >= 0.6 is 11.3 Å². The van der Waals surface area contributed by atoms with E-state index in [0.717, 1.165) is 42.0 Å². The van der Waals surface area contributed by atoms with E-state index in [1.807, 2.05) is 6.07 Å². The van der Waals surface area contributed by atoms with Gasteiger partial charge < -0.3 is 20.5 Å². The second-order valence-electron chi connectivity index (χ2n) is 8.26. The Bertz CT molecular complexity index is 1350. The number of aromatic nitrogens is 1. The number of nitrogens with two attached hydrogens (primary N) is 1. The summed E-state index contributed by atoms with van der Waals surface area (Å²) in [5, 5.41) is 3.74. The van der Waals surface area contributed by atoms with Gasteiger partial charge in [0.2, 0.25) is 0 Å². The summed E-state index contributed by atoms with van der Waals surface area (Å²) < 4.78 is 10.6. The van der Waals surface area contributed by atoms with Crippen LogP contribution in [0.2, 0.25) is 0 Å². The maximum atomic E-state index is 13.1. The lowest BCUT2D eigenvalue weighted by molar-refractivity contribution is 0.103. The molecule has 4 aromatic rings. The number of benzene rings is 2. The lowest BCUT2D eigenvalue weighted by atomic mass is 10.0. The summed E-state index contributed by atoms with van der Waals surface area (Å²) in [5.74, 6) is 0.874. The SMILES string of the molecule is COc1ccc(NC(=O)c2sc3nc4c(cc3c2N)CN(Cc2ccccc2)CC4)c(OC)c1. The molecule has 174 valence electrons. The molecule has 0 saturated heterocycles. The molecule has 0 fully saturated rings. The van der Waals surface area contributed by atoms with Crippen molar-refractivity contribution < 1.29 is 14.3 Å². The Labute approximate surface area is 202 Å². The number of fused-ring (bicyclic) bond motifs is 2. The highest BCUT2D eigenvalue weighted by molar-refractivity contribution is 7.21. The van der Waals surface area contributed by atoms with Gasteiger partial charge in [0, 0.05) is 43.2 Å². The summed E-state index contributed by atoms with van der Waals surface area (Å²) in [6, 6.07) is 17.8. The van der Waals surface area contributed by atoms with Crippen LogP contribution in [0.15, 0.2) is 54.6 Å². The van der Waals surface area contributed by atoms with Crippen molar-refractivity contribution in [3.05, 3.63) is 76.3 Å². The molecule has 0 aliphatic carbocycles. The zero-order valence-corrected chi connectivity index (χ0v) is 19.9. The molecule has 3 heterocycles. The van der Waals surface area contributed by atoms with Gasteiger partial charge in [0.25, 0.3) is 5.91 Å². The third-order valence-corrected chi connectivity index (χ3v) is 7.17. The van der Waals surface area contributed by atoms with Gasteiger partial charge in [-0.25, -0.2) is 4.98 Å². The predicted octanol–water partition coefficient (Wildman–Crippen LogP) is 4.71. The Hall–Kier alpha value is -3.62. The quantitative estimate of drug-likeness (QED) is 0.421. The van der Waals surface area contributed by atoms with Crippen LogP contribution in [0.1, 0.15) is 26.5 Å².